The van der Waals surface area contributed by atoms with Crippen molar-refractivity contribution in [2.45, 2.75) is 32.2 Å². The van der Waals surface area contributed by atoms with Gasteiger partial charge in [-0.3, -0.25) is 9.59 Å². The minimum absolute atomic E-state index is 0.0720. The summed E-state index contributed by atoms with van der Waals surface area (Å²) in [5.74, 6) is 0.741. The van der Waals surface area contributed by atoms with Crippen molar-refractivity contribution >= 4 is 40.8 Å². The van der Waals surface area contributed by atoms with Gasteiger partial charge in [0.2, 0.25) is 11.8 Å². The molecule has 2 heterocycles. The van der Waals surface area contributed by atoms with Crippen LogP contribution in [-0.4, -0.2) is 39.6 Å². The smallest absolute Gasteiger partial charge is 0.230 e. The Kier molecular flexibility index (Phi) is 5.60. The van der Waals surface area contributed by atoms with E-state index < -0.39 is 0 Å². The number of nitrogens with one attached hydrogen (secondary N) is 1. The summed E-state index contributed by atoms with van der Waals surface area (Å²) in [5, 5.41) is 8.40. The van der Waals surface area contributed by atoms with E-state index in [4.69, 9.17) is 23.2 Å². The molecule has 148 valence electrons. The minimum atomic E-state index is -0.195. The van der Waals surface area contributed by atoms with E-state index in [-0.39, 0.29) is 23.7 Å². The number of hydrogen-bond acceptors (Lipinski definition) is 3. The summed E-state index contributed by atoms with van der Waals surface area (Å²) in [5.41, 5.74) is 0.865. The summed E-state index contributed by atoms with van der Waals surface area (Å²) in [6.07, 6.45) is 5.26. The predicted octanol–water partition coefficient (Wildman–Crippen LogP) is 3.83. The van der Waals surface area contributed by atoms with Crippen LogP contribution in [-0.2, 0) is 16.1 Å². The van der Waals surface area contributed by atoms with Crippen LogP contribution < -0.4 is 5.32 Å². The molecule has 2 aliphatic rings. The first-order chi connectivity index (χ1) is 13.5. The molecule has 1 aliphatic heterocycles. The van der Waals surface area contributed by atoms with Gasteiger partial charge in [-0.2, -0.15) is 5.10 Å². The Bertz CT molecular complexity index is 894. The predicted molar refractivity (Wildman–Crippen MR) is 108 cm³/mol. The van der Waals surface area contributed by atoms with Crippen molar-refractivity contribution in [3.05, 3.63) is 46.1 Å². The van der Waals surface area contributed by atoms with Crippen molar-refractivity contribution in [3.63, 3.8) is 0 Å². The average Bonchev–Trinajstić information content (AvgIpc) is 3.45. The third-order valence-electron chi connectivity index (χ3n) is 5.33. The maximum atomic E-state index is 12.8. The molecule has 2 aromatic rings. The Labute approximate surface area is 173 Å². The SMILES string of the molecule is O=C(Nc1ccnn1Cc1ccc(Cl)cc1Cl)C1CCCN(C(=O)C2CC2)C1. The van der Waals surface area contributed by atoms with Crippen LogP contribution in [0.4, 0.5) is 5.82 Å². The van der Waals surface area contributed by atoms with E-state index in [2.05, 4.69) is 10.4 Å². The number of carbonyl (C=O) groups excluding carboxylic acids is 2. The van der Waals surface area contributed by atoms with Gasteiger partial charge in [-0.05, 0) is 43.4 Å². The van der Waals surface area contributed by atoms with E-state index in [0.29, 0.717) is 29.0 Å². The average molecular weight is 421 g/mol. The zero-order valence-electron chi connectivity index (χ0n) is 15.4. The Morgan fingerprint density at radius 1 is 1.14 bits per heavy atom. The molecule has 1 unspecified atom stereocenters. The lowest BCUT2D eigenvalue weighted by molar-refractivity contribution is -0.135. The van der Waals surface area contributed by atoms with E-state index >= 15 is 0 Å². The monoisotopic (exact) mass is 420 g/mol. The lowest BCUT2D eigenvalue weighted by Crippen LogP contribution is -2.44. The number of hydrogen-bond donors (Lipinski definition) is 1. The van der Waals surface area contributed by atoms with Gasteiger partial charge in [0.05, 0.1) is 18.7 Å². The first-order valence-electron chi connectivity index (χ1n) is 9.56. The van der Waals surface area contributed by atoms with Gasteiger partial charge in [0.15, 0.2) is 0 Å². The molecule has 1 N–H and O–H groups in total. The van der Waals surface area contributed by atoms with Crippen LogP contribution >= 0.6 is 23.2 Å². The van der Waals surface area contributed by atoms with Crippen molar-refractivity contribution in [1.29, 1.82) is 0 Å². The second-order valence-electron chi connectivity index (χ2n) is 7.50. The van der Waals surface area contributed by atoms with Crippen molar-refractivity contribution in [2.24, 2.45) is 11.8 Å². The highest BCUT2D eigenvalue weighted by molar-refractivity contribution is 6.35. The van der Waals surface area contributed by atoms with Gasteiger partial charge in [0, 0.05) is 35.1 Å². The van der Waals surface area contributed by atoms with Gasteiger partial charge < -0.3 is 10.2 Å². The fourth-order valence-corrected chi connectivity index (χ4v) is 4.05. The number of halogens is 2. The molecule has 1 saturated heterocycles. The first-order valence-corrected chi connectivity index (χ1v) is 10.3. The van der Waals surface area contributed by atoms with Gasteiger partial charge in [-0.15, -0.1) is 0 Å². The van der Waals surface area contributed by atoms with Crippen LogP contribution in [0, 0.1) is 11.8 Å². The van der Waals surface area contributed by atoms with Crippen molar-refractivity contribution in [3.8, 4) is 0 Å². The van der Waals surface area contributed by atoms with Crippen LogP contribution in [0.5, 0.6) is 0 Å². The molecule has 28 heavy (non-hydrogen) atoms. The molecule has 1 aliphatic carbocycles. The quantitative estimate of drug-likeness (QED) is 0.798. The highest BCUT2D eigenvalue weighted by Gasteiger charge is 2.36. The normalized spacial score (nSPS) is 19.5. The number of carbonyl (C=O) groups is 2. The molecule has 1 atom stereocenters. The lowest BCUT2D eigenvalue weighted by Gasteiger charge is -2.32. The summed E-state index contributed by atoms with van der Waals surface area (Å²) in [6.45, 7) is 1.68. The van der Waals surface area contributed by atoms with E-state index in [1.165, 1.54) is 0 Å². The number of likely N-dealkylation sites (tertiary alicyclic amines) is 1. The molecule has 0 spiro atoms. The number of nitrogens with zero attached hydrogens (tertiary/aromatic N) is 3. The summed E-state index contributed by atoms with van der Waals surface area (Å²) in [4.78, 5) is 27.0. The number of aromatic nitrogens is 2. The maximum absolute atomic E-state index is 12.8. The minimum Gasteiger partial charge on any atom is -0.342 e. The molecule has 0 radical (unpaired) electrons. The Morgan fingerprint density at radius 2 is 1.96 bits per heavy atom. The highest BCUT2D eigenvalue weighted by atomic mass is 35.5. The van der Waals surface area contributed by atoms with E-state index in [1.54, 1.807) is 29.1 Å². The topological polar surface area (TPSA) is 67.2 Å². The van der Waals surface area contributed by atoms with Gasteiger partial charge in [0.25, 0.3) is 0 Å². The van der Waals surface area contributed by atoms with Crippen LogP contribution in [0.15, 0.2) is 30.5 Å². The van der Waals surface area contributed by atoms with Crippen molar-refractivity contribution < 1.29 is 9.59 Å². The van der Waals surface area contributed by atoms with Crippen molar-refractivity contribution in [2.75, 3.05) is 18.4 Å². The zero-order valence-corrected chi connectivity index (χ0v) is 16.9. The molecule has 1 aromatic carbocycles. The van der Waals surface area contributed by atoms with E-state index in [9.17, 15) is 9.59 Å². The first kappa shape index (κ1) is 19.3. The Morgan fingerprint density at radius 3 is 2.71 bits per heavy atom. The number of benzene rings is 1. The second kappa shape index (κ2) is 8.13. The standard InChI is InChI=1S/C20H22Cl2N4O2/c21-16-6-5-14(17(22)10-16)12-26-18(7-8-23-26)24-19(27)15-2-1-9-25(11-15)20(28)13-3-4-13/h5-8,10,13,15H,1-4,9,11-12H2,(H,24,27). The summed E-state index contributed by atoms with van der Waals surface area (Å²) < 4.78 is 1.70. The lowest BCUT2D eigenvalue weighted by atomic mass is 9.96. The molecule has 6 nitrogen and oxygen atoms in total. The van der Waals surface area contributed by atoms with Gasteiger partial charge >= 0.3 is 0 Å². The summed E-state index contributed by atoms with van der Waals surface area (Å²) >= 11 is 12.2. The third kappa shape index (κ3) is 4.33. The molecule has 2 fully saturated rings. The fourth-order valence-electron chi connectivity index (χ4n) is 3.58. The molecule has 8 heteroatoms. The van der Waals surface area contributed by atoms with Crippen LogP contribution in [0.3, 0.4) is 0 Å². The third-order valence-corrected chi connectivity index (χ3v) is 5.92. The highest BCUT2D eigenvalue weighted by Crippen LogP contribution is 2.32. The fraction of sp³-hybridized carbons (Fsp3) is 0.450. The zero-order chi connectivity index (χ0) is 19.7. The molecule has 2 amide bonds. The van der Waals surface area contributed by atoms with E-state index in [1.807, 2.05) is 11.0 Å². The van der Waals surface area contributed by atoms with E-state index in [0.717, 1.165) is 37.8 Å². The molecule has 1 aromatic heterocycles. The maximum Gasteiger partial charge on any atom is 0.230 e. The molecular formula is C20H22Cl2N4O2. The van der Waals surface area contributed by atoms with Crippen molar-refractivity contribution in [1.82, 2.24) is 14.7 Å². The Balaban J connectivity index is 1.41. The second-order valence-corrected chi connectivity index (χ2v) is 8.34. The van der Waals surface area contributed by atoms with Gasteiger partial charge in [0.1, 0.15) is 5.82 Å². The van der Waals surface area contributed by atoms with Crippen LogP contribution in [0.1, 0.15) is 31.2 Å². The largest absolute Gasteiger partial charge is 0.342 e. The van der Waals surface area contributed by atoms with Crippen LogP contribution in [0.25, 0.3) is 0 Å². The van der Waals surface area contributed by atoms with Crippen LogP contribution in [0.2, 0.25) is 10.0 Å². The number of amides is 2. The van der Waals surface area contributed by atoms with Gasteiger partial charge in [-0.25, -0.2) is 4.68 Å². The molecule has 4 rings (SSSR count). The number of rotatable bonds is 5. The summed E-state index contributed by atoms with van der Waals surface area (Å²) in [6, 6.07) is 7.07. The summed E-state index contributed by atoms with van der Waals surface area (Å²) in [7, 11) is 0. The molecule has 0 bridgehead atoms. The Hall–Kier alpha value is -2.05. The number of anilines is 1. The molecular weight excluding hydrogens is 399 g/mol. The molecule has 1 saturated carbocycles. The number of piperidine rings is 1. The van der Waals surface area contributed by atoms with Gasteiger partial charge in [-0.1, -0.05) is 29.3 Å².